The molecule has 0 amide bonds. The average Bonchev–Trinajstić information content (AvgIpc) is 3.28. The predicted molar refractivity (Wildman–Crippen MR) is 119 cm³/mol. The molecule has 0 aliphatic heterocycles. The van der Waals surface area contributed by atoms with E-state index in [2.05, 4.69) is 44.5 Å². The van der Waals surface area contributed by atoms with E-state index in [1.165, 1.54) is 0 Å². The summed E-state index contributed by atoms with van der Waals surface area (Å²) in [5.41, 5.74) is 7.16. The van der Waals surface area contributed by atoms with Crippen molar-refractivity contribution in [1.29, 1.82) is 5.26 Å². The summed E-state index contributed by atoms with van der Waals surface area (Å²) < 4.78 is 0. The standard InChI is InChI=1S/C25H17N5/c26-13-21-15-28-16-23(18-4-1-3-17(11-18)20-5-2-9-27-14-20)25(21)30-22-6-7-24-19(12-22)8-10-29-24/h1-12,14-16,29H,(H,28,30). The van der Waals surface area contributed by atoms with Gasteiger partial charge in [0.25, 0.3) is 0 Å². The Bertz CT molecular complexity index is 1380. The summed E-state index contributed by atoms with van der Waals surface area (Å²) in [7, 11) is 0. The quantitative estimate of drug-likeness (QED) is 0.402. The molecule has 0 radical (unpaired) electrons. The van der Waals surface area contributed by atoms with Crippen molar-refractivity contribution >= 4 is 22.3 Å². The molecular formula is C25H17N5. The van der Waals surface area contributed by atoms with Crippen molar-refractivity contribution in [3.63, 3.8) is 0 Å². The van der Waals surface area contributed by atoms with Crippen LogP contribution in [0.2, 0.25) is 0 Å². The molecule has 0 unspecified atom stereocenters. The molecule has 2 N–H and O–H groups in total. The van der Waals surface area contributed by atoms with Crippen LogP contribution in [0.25, 0.3) is 33.2 Å². The fraction of sp³-hybridized carbons (Fsp3) is 0. The highest BCUT2D eigenvalue weighted by molar-refractivity contribution is 5.89. The molecule has 5 aromatic rings. The first kappa shape index (κ1) is 17.7. The van der Waals surface area contributed by atoms with Gasteiger partial charge in [-0.25, -0.2) is 0 Å². The Balaban J connectivity index is 1.60. The van der Waals surface area contributed by atoms with E-state index < -0.39 is 0 Å². The molecule has 5 rings (SSSR count). The van der Waals surface area contributed by atoms with Crippen LogP contribution in [-0.4, -0.2) is 15.0 Å². The van der Waals surface area contributed by atoms with Gasteiger partial charge in [-0.3, -0.25) is 9.97 Å². The molecule has 0 bridgehead atoms. The summed E-state index contributed by atoms with van der Waals surface area (Å²) in [6.07, 6.45) is 8.90. The number of H-pyrrole nitrogens is 1. The summed E-state index contributed by atoms with van der Waals surface area (Å²) >= 11 is 0. The first-order valence-electron chi connectivity index (χ1n) is 9.55. The average molecular weight is 387 g/mol. The van der Waals surface area contributed by atoms with E-state index in [9.17, 15) is 5.26 Å². The van der Waals surface area contributed by atoms with E-state index in [4.69, 9.17) is 0 Å². The molecule has 0 aliphatic carbocycles. The van der Waals surface area contributed by atoms with Gasteiger partial charge >= 0.3 is 0 Å². The van der Waals surface area contributed by atoms with Gasteiger partial charge in [-0.15, -0.1) is 0 Å². The number of fused-ring (bicyclic) bond motifs is 1. The maximum absolute atomic E-state index is 9.70. The SMILES string of the molecule is N#Cc1cncc(-c2cccc(-c3cccnc3)c2)c1Nc1ccc2[nH]ccc2c1. The van der Waals surface area contributed by atoms with Crippen LogP contribution in [0.15, 0.2) is 91.6 Å². The number of hydrogen-bond acceptors (Lipinski definition) is 4. The van der Waals surface area contributed by atoms with E-state index in [0.29, 0.717) is 5.56 Å². The second-order valence-electron chi connectivity index (χ2n) is 6.95. The van der Waals surface area contributed by atoms with Gasteiger partial charge in [-0.05, 0) is 47.5 Å². The number of anilines is 2. The molecule has 3 heterocycles. The normalized spacial score (nSPS) is 10.6. The largest absolute Gasteiger partial charge is 0.361 e. The highest BCUT2D eigenvalue weighted by atomic mass is 14.9. The number of aromatic nitrogens is 3. The minimum atomic E-state index is 0.494. The molecule has 5 nitrogen and oxygen atoms in total. The van der Waals surface area contributed by atoms with Gasteiger partial charge < -0.3 is 10.3 Å². The molecule has 0 saturated carbocycles. The zero-order valence-corrected chi connectivity index (χ0v) is 16.0. The van der Waals surface area contributed by atoms with E-state index in [1.807, 2.05) is 54.9 Å². The van der Waals surface area contributed by atoms with Crippen LogP contribution in [-0.2, 0) is 0 Å². The molecule has 3 aromatic heterocycles. The maximum atomic E-state index is 9.70. The van der Waals surface area contributed by atoms with Crippen LogP contribution >= 0.6 is 0 Å². The Labute approximate surface area is 173 Å². The van der Waals surface area contributed by atoms with Crippen molar-refractivity contribution < 1.29 is 0 Å². The van der Waals surface area contributed by atoms with Crippen molar-refractivity contribution in [3.05, 3.63) is 97.2 Å². The first-order chi connectivity index (χ1) is 14.8. The van der Waals surface area contributed by atoms with Crippen LogP contribution < -0.4 is 5.32 Å². The number of aromatic amines is 1. The third kappa shape index (κ3) is 3.27. The lowest BCUT2D eigenvalue weighted by molar-refractivity contribution is 1.30. The van der Waals surface area contributed by atoms with Gasteiger partial charge in [-0.1, -0.05) is 24.3 Å². The van der Waals surface area contributed by atoms with Crippen molar-refractivity contribution in [2.45, 2.75) is 0 Å². The van der Waals surface area contributed by atoms with Crippen molar-refractivity contribution in [2.24, 2.45) is 0 Å². The zero-order valence-electron chi connectivity index (χ0n) is 16.0. The summed E-state index contributed by atoms with van der Waals surface area (Å²) in [5, 5.41) is 14.2. The minimum Gasteiger partial charge on any atom is -0.361 e. The number of nitrogens with one attached hydrogen (secondary N) is 2. The van der Waals surface area contributed by atoms with Crippen molar-refractivity contribution in [1.82, 2.24) is 15.0 Å². The monoisotopic (exact) mass is 387 g/mol. The number of benzene rings is 2. The second kappa shape index (κ2) is 7.53. The lowest BCUT2D eigenvalue weighted by Gasteiger charge is -2.14. The van der Waals surface area contributed by atoms with E-state index in [-0.39, 0.29) is 0 Å². The second-order valence-corrected chi connectivity index (χ2v) is 6.95. The molecule has 0 fully saturated rings. The topological polar surface area (TPSA) is 77.4 Å². The first-order valence-corrected chi connectivity index (χ1v) is 9.55. The number of nitrogens with zero attached hydrogens (tertiary/aromatic N) is 3. The predicted octanol–water partition coefficient (Wildman–Crippen LogP) is 5.91. The maximum Gasteiger partial charge on any atom is 0.103 e. The number of hydrogen-bond donors (Lipinski definition) is 2. The lowest BCUT2D eigenvalue weighted by atomic mass is 9.98. The molecular weight excluding hydrogens is 370 g/mol. The van der Waals surface area contributed by atoms with Gasteiger partial charge in [-0.2, -0.15) is 5.26 Å². The van der Waals surface area contributed by atoms with Gasteiger partial charge in [0.15, 0.2) is 0 Å². The van der Waals surface area contributed by atoms with Crippen LogP contribution in [0.4, 0.5) is 11.4 Å². The van der Waals surface area contributed by atoms with Gasteiger partial charge in [0.2, 0.25) is 0 Å². The third-order valence-electron chi connectivity index (χ3n) is 5.06. The molecule has 142 valence electrons. The summed E-state index contributed by atoms with van der Waals surface area (Å²) in [5.74, 6) is 0. The van der Waals surface area contributed by atoms with Gasteiger partial charge in [0.1, 0.15) is 6.07 Å². The zero-order chi connectivity index (χ0) is 20.3. The summed E-state index contributed by atoms with van der Waals surface area (Å²) in [6.45, 7) is 0. The fourth-order valence-corrected chi connectivity index (χ4v) is 3.57. The third-order valence-corrected chi connectivity index (χ3v) is 5.06. The van der Waals surface area contributed by atoms with E-state index in [0.717, 1.165) is 44.5 Å². The van der Waals surface area contributed by atoms with Crippen LogP contribution in [0.3, 0.4) is 0 Å². The molecule has 0 spiro atoms. The smallest absolute Gasteiger partial charge is 0.103 e. The van der Waals surface area contributed by atoms with Crippen LogP contribution in [0.1, 0.15) is 5.56 Å². The molecule has 30 heavy (non-hydrogen) atoms. The molecule has 0 aliphatic rings. The van der Waals surface area contributed by atoms with Crippen LogP contribution in [0, 0.1) is 11.3 Å². The molecule has 2 aromatic carbocycles. The minimum absolute atomic E-state index is 0.494. The Morgan fingerprint density at radius 2 is 1.73 bits per heavy atom. The van der Waals surface area contributed by atoms with Crippen LogP contribution in [0.5, 0.6) is 0 Å². The highest BCUT2D eigenvalue weighted by Gasteiger charge is 2.13. The Morgan fingerprint density at radius 3 is 2.60 bits per heavy atom. The lowest BCUT2D eigenvalue weighted by Crippen LogP contribution is -1.98. The van der Waals surface area contributed by atoms with Crippen molar-refractivity contribution in [3.8, 4) is 28.3 Å². The summed E-state index contributed by atoms with van der Waals surface area (Å²) in [4.78, 5) is 11.7. The van der Waals surface area contributed by atoms with E-state index in [1.54, 1.807) is 18.6 Å². The molecule has 0 saturated heterocycles. The Morgan fingerprint density at radius 1 is 0.833 bits per heavy atom. The van der Waals surface area contributed by atoms with Gasteiger partial charge in [0, 0.05) is 58.7 Å². The Kier molecular flexibility index (Phi) is 4.43. The number of pyridine rings is 2. The summed E-state index contributed by atoms with van der Waals surface area (Å²) in [6, 6.07) is 22.5. The van der Waals surface area contributed by atoms with Gasteiger partial charge in [0.05, 0.1) is 11.3 Å². The van der Waals surface area contributed by atoms with Crippen molar-refractivity contribution in [2.75, 3.05) is 5.32 Å². The highest BCUT2D eigenvalue weighted by Crippen LogP contribution is 2.35. The number of nitriles is 1. The molecule has 5 heteroatoms. The fourth-order valence-electron chi connectivity index (χ4n) is 3.57. The van der Waals surface area contributed by atoms with E-state index >= 15 is 0 Å². The Hall–Kier alpha value is -4.43. The molecule has 0 atom stereocenters. The number of rotatable bonds is 4.